The summed E-state index contributed by atoms with van der Waals surface area (Å²) >= 11 is 0. The van der Waals surface area contributed by atoms with Crippen LogP contribution in [0.25, 0.3) is 0 Å². The lowest BCUT2D eigenvalue weighted by atomic mass is 10.00. The molecule has 0 unspecified atom stereocenters. The molecule has 0 saturated heterocycles. The highest BCUT2D eigenvalue weighted by Crippen LogP contribution is 2.40. The summed E-state index contributed by atoms with van der Waals surface area (Å²) in [5.74, 6) is -5.86. The van der Waals surface area contributed by atoms with Gasteiger partial charge in [-0.25, -0.2) is 14.2 Å². The van der Waals surface area contributed by atoms with E-state index >= 15 is 0 Å². The second-order valence-corrected chi connectivity index (χ2v) is 8.24. The smallest absolute Gasteiger partial charge is 0.464 e. The molecule has 40 heavy (non-hydrogen) atoms. The van der Waals surface area contributed by atoms with Gasteiger partial charge in [0.05, 0.1) is 23.6 Å². The highest BCUT2D eigenvalue weighted by Gasteiger charge is 2.36. The maximum atomic E-state index is 14.6. The average molecular weight is 576 g/mol. The lowest BCUT2D eigenvalue weighted by Crippen LogP contribution is -2.21. The number of pyridine rings is 1. The Bertz CT molecular complexity index is 1560. The molecule has 8 nitrogen and oxygen atoms in total. The highest BCUT2D eigenvalue weighted by atomic mass is 19.4. The number of alkyl halides is 6. The lowest BCUT2D eigenvalue weighted by molar-refractivity contribution is -0.275. The minimum Gasteiger partial charge on any atom is -0.464 e. The number of rotatable bonds is 5. The molecule has 0 spiro atoms. The number of methoxy groups -OCH3 is 1. The van der Waals surface area contributed by atoms with Crippen molar-refractivity contribution in [1.29, 1.82) is 0 Å². The van der Waals surface area contributed by atoms with Gasteiger partial charge in [-0.05, 0) is 62.2 Å². The molecular weight excluding hydrogens is 557 g/mol. The number of esters is 1. The minimum atomic E-state index is -5.19. The molecule has 0 saturated carbocycles. The van der Waals surface area contributed by atoms with Gasteiger partial charge >= 0.3 is 18.5 Å². The van der Waals surface area contributed by atoms with E-state index in [1.54, 1.807) is 0 Å². The van der Waals surface area contributed by atoms with Crippen LogP contribution in [-0.2, 0) is 10.9 Å². The first-order valence-electron chi connectivity index (χ1n) is 11.0. The van der Waals surface area contributed by atoms with E-state index in [9.17, 15) is 45.5 Å². The van der Waals surface area contributed by atoms with Crippen molar-refractivity contribution in [3.05, 3.63) is 81.2 Å². The van der Waals surface area contributed by atoms with Crippen molar-refractivity contribution in [2.24, 2.45) is 4.99 Å². The third-order valence-electron chi connectivity index (χ3n) is 5.55. The van der Waals surface area contributed by atoms with E-state index in [4.69, 9.17) is 4.74 Å². The van der Waals surface area contributed by atoms with Crippen LogP contribution >= 0.6 is 0 Å². The number of ether oxygens (including phenoxy) is 3. The highest BCUT2D eigenvalue weighted by molar-refractivity contribution is 5.99. The first-order chi connectivity index (χ1) is 18.4. The number of hydrogen-bond acceptors (Lipinski definition) is 6. The van der Waals surface area contributed by atoms with Crippen LogP contribution in [0.2, 0.25) is 0 Å². The molecule has 1 heterocycles. The van der Waals surface area contributed by atoms with Crippen molar-refractivity contribution in [2.75, 3.05) is 7.11 Å². The molecule has 1 amide bonds. The van der Waals surface area contributed by atoms with Crippen molar-refractivity contribution >= 4 is 11.9 Å². The quantitative estimate of drug-likeness (QED) is 0.226. The molecule has 0 aliphatic carbocycles. The van der Waals surface area contributed by atoms with Gasteiger partial charge in [-0.1, -0.05) is 0 Å². The summed E-state index contributed by atoms with van der Waals surface area (Å²) in [4.78, 5) is 29.0. The van der Waals surface area contributed by atoms with Gasteiger partial charge in [0, 0.05) is 11.8 Å². The largest absolute Gasteiger partial charge is 0.573 e. The Balaban J connectivity index is 2.19. The van der Waals surface area contributed by atoms with E-state index in [-0.39, 0.29) is 10.9 Å². The van der Waals surface area contributed by atoms with Crippen LogP contribution in [0.1, 0.15) is 43.1 Å². The molecular formula is C25H19F7N2O6. The number of carbonyl (C=O) groups is 2. The summed E-state index contributed by atoms with van der Waals surface area (Å²) in [6.07, 6.45) is -9.09. The van der Waals surface area contributed by atoms with Crippen molar-refractivity contribution in [3.63, 3.8) is 0 Å². The van der Waals surface area contributed by atoms with Gasteiger partial charge in [0.2, 0.25) is 0 Å². The zero-order valence-electron chi connectivity index (χ0n) is 21.0. The van der Waals surface area contributed by atoms with Crippen LogP contribution in [0, 0.1) is 26.6 Å². The summed E-state index contributed by atoms with van der Waals surface area (Å²) in [6, 6.07) is 3.81. The van der Waals surface area contributed by atoms with Gasteiger partial charge < -0.3 is 19.4 Å². The van der Waals surface area contributed by atoms with E-state index in [1.807, 2.05) is 0 Å². The monoisotopic (exact) mass is 576 g/mol. The van der Waals surface area contributed by atoms with Gasteiger partial charge in [0.1, 0.15) is 11.5 Å². The Morgan fingerprint density at radius 3 is 2.10 bits per heavy atom. The zero-order valence-corrected chi connectivity index (χ0v) is 21.0. The summed E-state index contributed by atoms with van der Waals surface area (Å²) in [5.41, 5.74) is -3.36. The minimum absolute atomic E-state index is 0.133. The van der Waals surface area contributed by atoms with Crippen molar-refractivity contribution in [1.82, 2.24) is 4.73 Å². The predicted octanol–water partition coefficient (Wildman–Crippen LogP) is 6.03. The lowest BCUT2D eigenvalue weighted by Gasteiger charge is -2.18. The number of carbonyl (C=O) groups excluding carboxylic acids is 2. The Hall–Kier alpha value is -4.56. The maximum absolute atomic E-state index is 14.6. The third-order valence-corrected chi connectivity index (χ3v) is 5.55. The fraction of sp³-hybridized carbons (Fsp3) is 0.240. The average Bonchev–Trinajstić information content (AvgIpc) is 2.83. The topological polar surface area (TPSA) is 99.4 Å². The molecule has 1 N–H and O–H groups in total. The molecule has 1 aromatic heterocycles. The molecule has 0 aliphatic heterocycles. The molecule has 15 heteroatoms. The van der Waals surface area contributed by atoms with Crippen LogP contribution < -0.4 is 14.8 Å². The summed E-state index contributed by atoms with van der Waals surface area (Å²) in [6.45, 7) is 3.38. The first-order valence-corrected chi connectivity index (χ1v) is 11.0. The standard InChI is InChI=1S/C25H19F7N2O6/c1-11-10-34(37)16(23(36)38-4)9-15(11)33-22(35)20-12(2)14(24(27,28)29)5-6-18(20)39-17-7-8-19(21(26)13(17)3)40-25(30,31)32/h5-10,37H,1-4H3. The summed E-state index contributed by atoms with van der Waals surface area (Å²) < 4.78 is 107. The number of benzene rings is 2. The third kappa shape index (κ3) is 6.35. The van der Waals surface area contributed by atoms with E-state index in [1.165, 1.54) is 6.92 Å². The number of aromatic nitrogens is 1. The molecule has 0 atom stereocenters. The second kappa shape index (κ2) is 10.9. The number of nitrogens with zero attached hydrogens (tertiary/aromatic N) is 2. The predicted molar refractivity (Wildman–Crippen MR) is 122 cm³/mol. The Morgan fingerprint density at radius 1 is 0.925 bits per heavy atom. The Kier molecular flexibility index (Phi) is 8.17. The number of hydrogen-bond donors (Lipinski definition) is 1. The van der Waals surface area contributed by atoms with E-state index in [0.29, 0.717) is 16.9 Å². The van der Waals surface area contributed by atoms with Crippen LogP contribution in [-0.4, -0.2) is 35.3 Å². The molecule has 0 fully saturated rings. The molecule has 3 aromatic rings. The van der Waals surface area contributed by atoms with Gasteiger partial charge in [0.25, 0.3) is 5.91 Å². The maximum Gasteiger partial charge on any atom is 0.573 e. The normalized spacial score (nSPS) is 12.3. The van der Waals surface area contributed by atoms with Gasteiger partial charge in [-0.3, -0.25) is 4.79 Å². The zero-order chi connectivity index (χ0) is 30.2. The van der Waals surface area contributed by atoms with Crippen LogP contribution in [0.15, 0.2) is 41.5 Å². The molecule has 3 rings (SSSR count). The van der Waals surface area contributed by atoms with Gasteiger partial charge in [-0.15, -0.1) is 13.2 Å². The number of halogens is 7. The molecule has 0 radical (unpaired) electrons. The van der Waals surface area contributed by atoms with E-state index in [0.717, 1.165) is 45.4 Å². The fourth-order valence-corrected chi connectivity index (χ4v) is 3.59. The summed E-state index contributed by atoms with van der Waals surface area (Å²) in [5, 5.41) is 9.71. The van der Waals surface area contributed by atoms with Gasteiger partial charge in [-0.2, -0.15) is 17.9 Å². The Labute approximate surface area is 220 Å². The fourth-order valence-electron chi connectivity index (χ4n) is 3.59. The second-order valence-electron chi connectivity index (χ2n) is 8.24. The number of aryl methyl sites for hydroxylation is 1. The SMILES string of the molecule is COC(=O)c1cc(=NC(=O)c2c(Oc3ccc(OC(F)(F)F)c(F)c3C)ccc(C(F)(F)F)c2C)c(C)cn1O. The van der Waals surface area contributed by atoms with Crippen molar-refractivity contribution in [3.8, 4) is 17.2 Å². The van der Waals surface area contributed by atoms with Crippen LogP contribution in [0.3, 0.4) is 0 Å². The first kappa shape index (κ1) is 30.0. The van der Waals surface area contributed by atoms with Crippen LogP contribution in [0.4, 0.5) is 30.7 Å². The van der Waals surface area contributed by atoms with E-state index in [2.05, 4.69) is 14.5 Å². The van der Waals surface area contributed by atoms with Crippen molar-refractivity contribution in [2.45, 2.75) is 33.3 Å². The molecule has 0 bridgehead atoms. The molecule has 2 aromatic carbocycles. The summed E-state index contributed by atoms with van der Waals surface area (Å²) in [7, 11) is 1.02. The van der Waals surface area contributed by atoms with Crippen molar-refractivity contribution < 1.29 is 59.7 Å². The number of amides is 1. The molecule has 0 aliphatic rings. The molecule has 214 valence electrons. The van der Waals surface area contributed by atoms with Gasteiger partial charge in [0.15, 0.2) is 17.3 Å². The van der Waals surface area contributed by atoms with Crippen LogP contribution in [0.5, 0.6) is 17.2 Å². The van der Waals surface area contributed by atoms with E-state index < -0.39 is 75.4 Å². The Morgan fingerprint density at radius 2 is 1.52 bits per heavy atom.